The van der Waals surface area contributed by atoms with E-state index in [4.69, 9.17) is 14.2 Å². The van der Waals surface area contributed by atoms with Crippen LogP contribution in [0.5, 0.6) is 0 Å². The molecule has 0 unspecified atom stereocenters. The number of esters is 2. The van der Waals surface area contributed by atoms with E-state index in [0.717, 1.165) is 5.56 Å². The minimum atomic E-state index is -1.72. The summed E-state index contributed by atoms with van der Waals surface area (Å²) in [6.07, 6.45) is -1.55. The molecule has 2 aromatic carbocycles. The Balaban J connectivity index is 2.10. The van der Waals surface area contributed by atoms with Crippen LogP contribution < -0.4 is 0 Å². The summed E-state index contributed by atoms with van der Waals surface area (Å²) in [6.45, 7) is 0. The summed E-state index contributed by atoms with van der Waals surface area (Å²) in [6, 6.07) is 14.7. The minimum Gasteiger partial charge on any atom is -0.468 e. The van der Waals surface area contributed by atoms with Crippen molar-refractivity contribution in [2.45, 2.75) is 18.6 Å². The molecule has 8 heteroatoms. The second-order valence-corrected chi connectivity index (χ2v) is 6.42. The molecule has 146 valence electrons. The normalized spacial score (nSPS) is 20.4. The van der Waals surface area contributed by atoms with Gasteiger partial charge in [0.2, 0.25) is 0 Å². The highest BCUT2D eigenvalue weighted by Gasteiger charge is 2.62. The largest absolute Gasteiger partial charge is 0.468 e. The molecule has 2 atom stereocenters. The maximum atomic E-state index is 12.8. The van der Waals surface area contributed by atoms with E-state index in [-0.39, 0.29) is 12.1 Å². The first-order chi connectivity index (χ1) is 13.4. The van der Waals surface area contributed by atoms with Crippen molar-refractivity contribution < 1.29 is 28.7 Å². The molecular weight excluding hydrogens is 366 g/mol. The number of carbonyl (C=O) groups excluding carboxylic acids is 2. The average Bonchev–Trinajstić information content (AvgIpc) is 3.15. The molecule has 1 heterocycles. The van der Waals surface area contributed by atoms with Crippen molar-refractivity contribution in [2.75, 3.05) is 14.2 Å². The van der Waals surface area contributed by atoms with Crippen molar-refractivity contribution in [1.29, 1.82) is 0 Å². The van der Waals surface area contributed by atoms with Gasteiger partial charge < -0.3 is 14.2 Å². The number of nitro benzene ring substituents is 1. The first-order valence-corrected chi connectivity index (χ1v) is 8.55. The predicted molar refractivity (Wildman–Crippen MR) is 97.2 cm³/mol. The van der Waals surface area contributed by atoms with E-state index in [1.54, 1.807) is 0 Å². The second-order valence-electron chi connectivity index (χ2n) is 6.42. The summed E-state index contributed by atoms with van der Waals surface area (Å²) >= 11 is 0. The van der Waals surface area contributed by atoms with Gasteiger partial charge in [0.05, 0.1) is 25.2 Å². The van der Waals surface area contributed by atoms with Gasteiger partial charge in [-0.15, -0.1) is 0 Å². The van der Waals surface area contributed by atoms with E-state index in [9.17, 15) is 19.7 Å². The number of non-ortho nitro benzene ring substituents is 1. The topological polar surface area (TPSA) is 105 Å². The molecule has 1 saturated heterocycles. The van der Waals surface area contributed by atoms with Crippen molar-refractivity contribution in [3.8, 4) is 0 Å². The van der Waals surface area contributed by atoms with Gasteiger partial charge in [-0.3, -0.25) is 19.7 Å². The van der Waals surface area contributed by atoms with Crippen LogP contribution in [-0.4, -0.2) is 31.1 Å². The number of nitrogens with zero attached hydrogens (tertiary/aromatic N) is 1. The summed E-state index contributed by atoms with van der Waals surface area (Å²) in [5, 5.41) is 10.9. The Morgan fingerprint density at radius 3 is 2.07 bits per heavy atom. The third kappa shape index (κ3) is 3.22. The summed E-state index contributed by atoms with van der Waals surface area (Å²) in [5.41, 5.74) is -0.591. The molecule has 1 aliphatic rings. The average molecular weight is 385 g/mol. The van der Waals surface area contributed by atoms with Crippen molar-refractivity contribution >= 4 is 17.6 Å². The van der Waals surface area contributed by atoms with Crippen LogP contribution in [0.3, 0.4) is 0 Å². The zero-order valence-corrected chi connectivity index (χ0v) is 15.4. The Bertz CT molecular complexity index is 863. The lowest BCUT2D eigenvalue weighted by Gasteiger charge is -2.28. The molecule has 0 N–H and O–H groups in total. The summed E-state index contributed by atoms with van der Waals surface area (Å²) < 4.78 is 16.0. The highest BCUT2D eigenvalue weighted by atomic mass is 16.6. The number of nitro groups is 1. The zero-order chi connectivity index (χ0) is 20.3. The van der Waals surface area contributed by atoms with E-state index in [1.807, 2.05) is 30.3 Å². The molecule has 0 bridgehead atoms. The summed E-state index contributed by atoms with van der Waals surface area (Å²) in [4.78, 5) is 35.9. The van der Waals surface area contributed by atoms with Gasteiger partial charge in [0.25, 0.3) is 5.69 Å². The van der Waals surface area contributed by atoms with Crippen LogP contribution in [-0.2, 0) is 23.8 Å². The lowest BCUT2D eigenvalue weighted by atomic mass is 9.76. The van der Waals surface area contributed by atoms with Crippen molar-refractivity contribution in [3.63, 3.8) is 0 Å². The zero-order valence-electron chi connectivity index (χ0n) is 15.4. The minimum absolute atomic E-state index is 0.0258. The molecule has 0 radical (unpaired) electrons. The number of rotatable bonds is 5. The van der Waals surface area contributed by atoms with E-state index < -0.39 is 34.5 Å². The van der Waals surface area contributed by atoms with Crippen LogP contribution in [0.1, 0.15) is 29.8 Å². The quantitative estimate of drug-likeness (QED) is 0.337. The lowest BCUT2D eigenvalue weighted by Crippen LogP contribution is -2.43. The molecule has 0 amide bonds. The second kappa shape index (κ2) is 7.77. The molecule has 3 rings (SSSR count). The monoisotopic (exact) mass is 385 g/mol. The number of methoxy groups -OCH3 is 2. The van der Waals surface area contributed by atoms with Crippen LogP contribution in [0, 0.1) is 15.5 Å². The van der Waals surface area contributed by atoms with Crippen LogP contribution in [0.25, 0.3) is 0 Å². The molecular formula is C20H19NO7. The van der Waals surface area contributed by atoms with Crippen LogP contribution in [0.2, 0.25) is 0 Å². The molecule has 8 nitrogen and oxygen atoms in total. The molecule has 1 fully saturated rings. The maximum absolute atomic E-state index is 12.8. The molecule has 0 spiro atoms. The van der Waals surface area contributed by atoms with E-state index in [0.29, 0.717) is 5.56 Å². The molecule has 2 aromatic rings. The molecule has 0 aromatic heterocycles. The highest BCUT2D eigenvalue weighted by Crippen LogP contribution is 2.54. The van der Waals surface area contributed by atoms with Crippen molar-refractivity contribution in [3.05, 3.63) is 75.8 Å². The van der Waals surface area contributed by atoms with E-state index in [2.05, 4.69) is 0 Å². The Labute approximate surface area is 161 Å². The predicted octanol–water partition coefficient (Wildman–Crippen LogP) is 3.13. The number of hydrogen-bond donors (Lipinski definition) is 0. The van der Waals surface area contributed by atoms with Gasteiger partial charge in [0.1, 0.15) is 6.10 Å². The van der Waals surface area contributed by atoms with E-state index in [1.165, 1.54) is 38.5 Å². The first-order valence-electron chi connectivity index (χ1n) is 8.55. The number of ether oxygens (including phenoxy) is 3. The molecule has 0 saturated carbocycles. The van der Waals surface area contributed by atoms with Crippen molar-refractivity contribution in [2.24, 2.45) is 5.41 Å². The third-order valence-corrected chi connectivity index (χ3v) is 4.93. The molecule has 0 aliphatic carbocycles. The SMILES string of the molecule is COC(=O)C1(C(=O)OC)C[C@H](c2ccccc2)O[C@@H]1c1ccc([N+](=O)[O-])cc1. The Morgan fingerprint density at radius 1 is 1.00 bits per heavy atom. The van der Waals surface area contributed by atoms with Gasteiger partial charge in [0, 0.05) is 18.6 Å². The van der Waals surface area contributed by atoms with Gasteiger partial charge in [0.15, 0.2) is 5.41 Å². The summed E-state index contributed by atoms with van der Waals surface area (Å²) in [5.74, 6) is -1.55. The van der Waals surface area contributed by atoms with Gasteiger partial charge in [-0.05, 0) is 23.3 Å². The van der Waals surface area contributed by atoms with Gasteiger partial charge >= 0.3 is 11.9 Å². The number of hydrogen-bond acceptors (Lipinski definition) is 7. The van der Waals surface area contributed by atoms with Crippen LogP contribution in [0.4, 0.5) is 5.69 Å². The lowest BCUT2D eigenvalue weighted by molar-refractivity contribution is -0.384. The fourth-order valence-electron chi connectivity index (χ4n) is 3.55. The fourth-order valence-corrected chi connectivity index (χ4v) is 3.55. The smallest absolute Gasteiger partial charge is 0.326 e. The van der Waals surface area contributed by atoms with Gasteiger partial charge in [-0.1, -0.05) is 30.3 Å². The highest BCUT2D eigenvalue weighted by molar-refractivity contribution is 6.01. The standard InChI is InChI=1S/C20H19NO7/c1-26-18(22)20(19(23)27-2)12-16(13-6-4-3-5-7-13)28-17(20)14-8-10-15(11-9-14)21(24)25/h3-11,16-17H,12H2,1-2H3/t16-,17-/m1/s1. The van der Waals surface area contributed by atoms with Crippen LogP contribution in [0.15, 0.2) is 54.6 Å². The first kappa shape index (κ1) is 19.5. The number of carbonyl (C=O) groups is 2. The fraction of sp³-hybridized carbons (Fsp3) is 0.300. The molecule has 1 aliphatic heterocycles. The van der Waals surface area contributed by atoms with Crippen molar-refractivity contribution in [1.82, 2.24) is 0 Å². The van der Waals surface area contributed by atoms with Gasteiger partial charge in [-0.2, -0.15) is 0 Å². The van der Waals surface area contributed by atoms with Gasteiger partial charge in [-0.25, -0.2) is 0 Å². The Kier molecular flexibility index (Phi) is 5.41. The third-order valence-electron chi connectivity index (χ3n) is 4.93. The number of benzene rings is 2. The van der Waals surface area contributed by atoms with Crippen LogP contribution >= 0.6 is 0 Å². The Hall–Kier alpha value is -3.26. The van der Waals surface area contributed by atoms with E-state index >= 15 is 0 Å². The maximum Gasteiger partial charge on any atom is 0.326 e. The summed E-state index contributed by atoms with van der Waals surface area (Å²) in [7, 11) is 2.38. The Morgan fingerprint density at radius 2 is 1.57 bits per heavy atom. The molecule has 28 heavy (non-hydrogen) atoms.